The molecule has 2 aromatic rings. The van der Waals surface area contributed by atoms with Crippen LogP contribution in [0.15, 0.2) is 22.8 Å². The Morgan fingerprint density at radius 3 is 2.71 bits per heavy atom. The molecule has 0 saturated heterocycles. The van der Waals surface area contributed by atoms with Crippen LogP contribution in [0.25, 0.3) is 0 Å². The molecule has 0 aliphatic heterocycles. The van der Waals surface area contributed by atoms with Gasteiger partial charge in [0.05, 0.1) is 13.7 Å². The minimum atomic E-state index is 0.600. The summed E-state index contributed by atoms with van der Waals surface area (Å²) in [5.41, 5.74) is 3.80. The molecule has 0 radical (unpaired) electrons. The van der Waals surface area contributed by atoms with Crippen LogP contribution >= 0.6 is 0 Å². The fourth-order valence-corrected chi connectivity index (χ4v) is 1.55. The zero-order valence-electron chi connectivity index (χ0n) is 10.2. The molecule has 17 heavy (non-hydrogen) atoms. The van der Waals surface area contributed by atoms with Crippen molar-refractivity contribution >= 4 is 5.69 Å². The topological polar surface area (TPSA) is 60.2 Å². The highest BCUT2D eigenvalue weighted by molar-refractivity contribution is 5.53. The Kier molecular flexibility index (Phi) is 3.27. The quantitative estimate of drug-likeness (QED) is 0.878. The number of methoxy groups -OCH3 is 1. The summed E-state index contributed by atoms with van der Waals surface area (Å²) in [7, 11) is 1.66. The Hall–Kier alpha value is -2.04. The summed E-state index contributed by atoms with van der Waals surface area (Å²) in [6.45, 7) is 4.50. The van der Waals surface area contributed by atoms with Gasteiger partial charge in [-0.25, -0.2) is 4.63 Å². The average molecular weight is 233 g/mol. The first-order valence-corrected chi connectivity index (χ1v) is 5.37. The van der Waals surface area contributed by atoms with Crippen molar-refractivity contribution in [2.24, 2.45) is 0 Å². The van der Waals surface area contributed by atoms with E-state index in [4.69, 9.17) is 4.74 Å². The van der Waals surface area contributed by atoms with Crippen LogP contribution in [0, 0.1) is 13.8 Å². The fourth-order valence-electron chi connectivity index (χ4n) is 1.55. The largest absolute Gasteiger partial charge is 0.497 e. The summed E-state index contributed by atoms with van der Waals surface area (Å²) in [6, 6.07) is 5.89. The van der Waals surface area contributed by atoms with Crippen molar-refractivity contribution in [1.82, 2.24) is 10.3 Å². The van der Waals surface area contributed by atoms with Gasteiger partial charge in [-0.15, -0.1) is 0 Å². The maximum atomic E-state index is 5.15. The Labute approximate surface area is 99.7 Å². The SMILES string of the molecule is COc1ccc(NCc2nonc2C)c(C)c1. The number of benzene rings is 1. The van der Waals surface area contributed by atoms with E-state index in [0.717, 1.165) is 28.4 Å². The minimum absolute atomic E-state index is 0.600. The van der Waals surface area contributed by atoms with Gasteiger partial charge in [-0.05, 0) is 37.6 Å². The molecule has 0 atom stereocenters. The van der Waals surface area contributed by atoms with Gasteiger partial charge in [-0.3, -0.25) is 0 Å². The van der Waals surface area contributed by atoms with Gasteiger partial charge in [0.2, 0.25) is 0 Å². The molecule has 0 aliphatic rings. The second-order valence-electron chi connectivity index (χ2n) is 3.83. The zero-order valence-corrected chi connectivity index (χ0v) is 10.2. The summed E-state index contributed by atoms with van der Waals surface area (Å²) in [5, 5.41) is 10.8. The predicted octanol–water partition coefficient (Wildman–Crippen LogP) is 2.31. The molecular formula is C12H15N3O2. The lowest BCUT2D eigenvalue weighted by atomic mass is 10.2. The summed E-state index contributed by atoms with van der Waals surface area (Å²) in [6.07, 6.45) is 0. The lowest BCUT2D eigenvalue weighted by Crippen LogP contribution is -2.02. The minimum Gasteiger partial charge on any atom is -0.497 e. The molecule has 0 spiro atoms. The number of nitrogens with zero attached hydrogens (tertiary/aromatic N) is 2. The van der Waals surface area contributed by atoms with Gasteiger partial charge in [0.1, 0.15) is 17.1 Å². The first-order valence-electron chi connectivity index (χ1n) is 5.37. The van der Waals surface area contributed by atoms with Crippen molar-refractivity contribution in [2.45, 2.75) is 20.4 Å². The second-order valence-corrected chi connectivity index (χ2v) is 3.83. The molecular weight excluding hydrogens is 218 g/mol. The molecule has 0 unspecified atom stereocenters. The van der Waals surface area contributed by atoms with Gasteiger partial charge in [0.25, 0.3) is 0 Å². The summed E-state index contributed by atoms with van der Waals surface area (Å²) >= 11 is 0. The maximum Gasteiger partial charge on any atom is 0.127 e. The highest BCUT2D eigenvalue weighted by atomic mass is 16.6. The van der Waals surface area contributed by atoms with Gasteiger partial charge in [-0.1, -0.05) is 10.3 Å². The van der Waals surface area contributed by atoms with Crippen molar-refractivity contribution < 1.29 is 9.37 Å². The van der Waals surface area contributed by atoms with Gasteiger partial charge >= 0.3 is 0 Å². The van der Waals surface area contributed by atoms with E-state index >= 15 is 0 Å². The molecule has 0 amide bonds. The summed E-state index contributed by atoms with van der Waals surface area (Å²) in [5.74, 6) is 0.854. The smallest absolute Gasteiger partial charge is 0.127 e. The first-order chi connectivity index (χ1) is 8.20. The van der Waals surface area contributed by atoms with Crippen molar-refractivity contribution in [1.29, 1.82) is 0 Å². The van der Waals surface area contributed by atoms with Crippen molar-refractivity contribution in [3.63, 3.8) is 0 Å². The van der Waals surface area contributed by atoms with Gasteiger partial charge < -0.3 is 10.1 Å². The molecule has 2 rings (SSSR count). The highest BCUT2D eigenvalue weighted by Crippen LogP contribution is 2.21. The van der Waals surface area contributed by atoms with Crippen molar-refractivity contribution in [3.8, 4) is 5.75 Å². The lowest BCUT2D eigenvalue weighted by molar-refractivity contribution is 0.301. The third-order valence-electron chi connectivity index (χ3n) is 2.63. The number of aryl methyl sites for hydroxylation is 2. The van der Waals surface area contributed by atoms with Crippen molar-refractivity contribution in [2.75, 3.05) is 12.4 Å². The zero-order chi connectivity index (χ0) is 12.3. The van der Waals surface area contributed by atoms with Crippen LogP contribution in [0.3, 0.4) is 0 Å². The van der Waals surface area contributed by atoms with E-state index in [9.17, 15) is 0 Å². The standard InChI is InChI=1S/C12H15N3O2/c1-8-6-10(16-3)4-5-11(8)13-7-12-9(2)14-17-15-12/h4-6,13H,7H2,1-3H3. The third-order valence-corrected chi connectivity index (χ3v) is 2.63. The number of rotatable bonds is 4. The van der Waals surface area contributed by atoms with Crippen molar-refractivity contribution in [3.05, 3.63) is 35.2 Å². The van der Waals surface area contributed by atoms with Crippen LogP contribution in [0.5, 0.6) is 5.75 Å². The van der Waals surface area contributed by atoms with E-state index < -0.39 is 0 Å². The average Bonchev–Trinajstić information content (AvgIpc) is 2.73. The second kappa shape index (κ2) is 4.86. The van der Waals surface area contributed by atoms with E-state index in [-0.39, 0.29) is 0 Å². The highest BCUT2D eigenvalue weighted by Gasteiger charge is 2.05. The Balaban J connectivity index is 2.07. The van der Waals surface area contributed by atoms with Crippen LogP contribution in [0.4, 0.5) is 5.69 Å². The van der Waals surface area contributed by atoms with E-state index in [2.05, 4.69) is 20.3 Å². The molecule has 1 aromatic heterocycles. The van der Waals surface area contributed by atoms with Crippen LogP contribution in [-0.4, -0.2) is 17.4 Å². The number of anilines is 1. The van der Waals surface area contributed by atoms with Crippen LogP contribution in [0.2, 0.25) is 0 Å². The van der Waals surface area contributed by atoms with E-state index in [1.165, 1.54) is 0 Å². The molecule has 5 nitrogen and oxygen atoms in total. The molecule has 0 saturated carbocycles. The molecule has 1 heterocycles. The van der Waals surface area contributed by atoms with Gasteiger partial charge in [0, 0.05) is 5.69 Å². The number of hydrogen-bond donors (Lipinski definition) is 1. The number of nitrogens with one attached hydrogen (secondary N) is 1. The molecule has 0 aliphatic carbocycles. The monoisotopic (exact) mass is 233 g/mol. The lowest BCUT2D eigenvalue weighted by Gasteiger charge is -2.09. The van der Waals surface area contributed by atoms with Gasteiger partial charge in [-0.2, -0.15) is 0 Å². The number of aromatic nitrogens is 2. The van der Waals surface area contributed by atoms with Crippen LogP contribution in [0.1, 0.15) is 17.0 Å². The Morgan fingerprint density at radius 2 is 2.12 bits per heavy atom. The molecule has 0 bridgehead atoms. The third kappa shape index (κ3) is 2.55. The number of hydrogen-bond acceptors (Lipinski definition) is 5. The van der Waals surface area contributed by atoms with E-state index in [1.54, 1.807) is 7.11 Å². The number of ether oxygens (including phenoxy) is 1. The maximum absolute atomic E-state index is 5.15. The van der Waals surface area contributed by atoms with Crippen LogP contribution < -0.4 is 10.1 Å². The first kappa shape index (κ1) is 11.4. The molecule has 90 valence electrons. The van der Waals surface area contributed by atoms with E-state index in [1.807, 2.05) is 32.0 Å². The molecule has 0 fully saturated rings. The summed E-state index contributed by atoms with van der Waals surface area (Å²) < 4.78 is 9.79. The fraction of sp³-hybridized carbons (Fsp3) is 0.333. The molecule has 1 N–H and O–H groups in total. The van der Waals surface area contributed by atoms with Crippen LogP contribution in [-0.2, 0) is 6.54 Å². The van der Waals surface area contributed by atoms with Gasteiger partial charge in [0.15, 0.2) is 0 Å². The molecule has 5 heteroatoms. The predicted molar refractivity (Wildman–Crippen MR) is 64.1 cm³/mol. The van der Waals surface area contributed by atoms with E-state index in [0.29, 0.717) is 6.54 Å². The Bertz CT molecular complexity index is 508. The molecule has 1 aromatic carbocycles. The Morgan fingerprint density at radius 1 is 1.29 bits per heavy atom. The normalized spacial score (nSPS) is 10.3. The summed E-state index contributed by atoms with van der Waals surface area (Å²) in [4.78, 5) is 0.